The van der Waals surface area contributed by atoms with Gasteiger partial charge in [0.05, 0.1) is 6.54 Å². The van der Waals surface area contributed by atoms with Gasteiger partial charge < -0.3 is 10.2 Å². The molecule has 0 aliphatic heterocycles. The van der Waals surface area contributed by atoms with Crippen LogP contribution in [-0.4, -0.2) is 15.0 Å². The lowest BCUT2D eigenvalue weighted by Crippen LogP contribution is -2.26. The summed E-state index contributed by atoms with van der Waals surface area (Å²) >= 11 is 0. The number of nitrogens with one attached hydrogen (secondary N) is 1. The predicted molar refractivity (Wildman–Crippen MR) is 73.1 cm³/mol. The second-order valence-electron chi connectivity index (χ2n) is 5.17. The van der Waals surface area contributed by atoms with Gasteiger partial charge in [-0.25, -0.2) is 13.1 Å². The quantitative estimate of drug-likeness (QED) is 0.836. The van der Waals surface area contributed by atoms with Crippen LogP contribution in [0.25, 0.3) is 0 Å². The van der Waals surface area contributed by atoms with E-state index in [1.165, 1.54) is 31.7 Å². The zero-order chi connectivity index (χ0) is 13.9. The van der Waals surface area contributed by atoms with Gasteiger partial charge in [-0.2, -0.15) is 0 Å². The van der Waals surface area contributed by atoms with Crippen LogP contribution in [-0.2, 0) is 16.6 Å². The van der Waals surface area contributed by atoms with Gasteiger partial charge in [0.25, 0.3) is 0 Å². The fourth-order valence-electron chi connectivity index (χ4n) is 2.67. The molecule has 2 rings (SSSR count). The fraction of sp³-hybridized carbons (Fsp3) is 0.692. The van der Waals surface area contributed by atoms with Crippen molar-refractivity contribution in [2.45, 2.75) is 50.5 Å². The van der Waals surface area contributed by atoms with Gasteiger partial charge in [-0.15, -0.1) is 0 Å². The van der Waals surface area contributed by atoms with Crippen molar-refractivity contribution in [2.75, 3.05) is 6.54 Å². The third-order valence-electron chi connectivity index (χ3n) is 3.73. The van der Waals surface area contributed by atoms with Crippen LogP contribution in [0.2, 0.25) is 0 Å². The molecule has 1 aliphatic rings. The lowest BCUT2D eigenvalue weighted by Gasteiger charge is -2.09. The average molecular weight is 286 g/mol. The van der Waals surface area contributed by atoms with Crippen molar-refractivity contribution in [3.05, 3.63) is 17.6 Å². The van der Waals surface area contributed by atoms with Gasteiger partial charge in [0, 0.05) is 12.6 Å². The maximum Gasteiger partial charge on any atom is 0.244 e. The van der Waals surface area contributed by atoms with Crippen molar-refractivity contribution in [1.82, 2.24) is 4.72 Å². The molecule has 19 heavy (non-hydrogen) atoms. The number of aryl methyl sites for hydroxylation is 1. The van der Waals surface area contributed by atoms with Gasteiger partial charge in [-0.1, -0.05) is 25.7 Å². The summed E-state index contributed by atoms with van der Waals surface area (Å²) in [4.78, 5) is 0.208. The summed E-state index contributed by atoms with van der Waals surface area (Å²) in [6, 6.07) is 1.51. The van der Waals surface area contributed by atoms with E-state index in [0.29, 0.717) is 24.0 Å². The SMILES string of the molecule is Cc1oc(CN)cc1S(=O)(=O)NCCC1CCCC1. The van der Waals surface area contributed by atoms with Gasteiger partial charge >= 0.3 is 0 Å². The molecule has 1 aliphatic carbocycles. The van der Waals surface area contributed by atoms with Crippen LogP contribution in [0.3, 0.4) is 0 Å². The minimum absolute atomic E-state index is 0.207. The summed E-state index contributed by atoms with van der Waals surface area (Å²) < 4.78 is 32.2. The molecule has 1 aromatic heterocycles. The Balaban J connectivity index is 1.95. The van der Waals surface area contributed by atoms with E-state index in [1.54, 1.807) is 6.92 Å². The first-order valence-corrected chi connectivity index (χ1v) is 8.30. The number of hydrogen-bond acceptors (Lipinski definition) is 4. The number of hydrogen-bond donors (Lipinski definition) is 2. The number of sulfonamides is 1. The van der Waals surface area contributed by atoms with Gasteiger partial charge in [0.1, 0.15) is 16.4 Å². The second kappa shape index (κ2) is 6.07. The van der Waals surface area contributed by atoms with E-state index in [1.807, 2.05) is 0 Å². The standard InChI is InChI=1S/C13H22N2O3S/c1-10-13(8-12(9-14)18-10)19(16,17)15-7-6-11-4-2-3-5-11/h8,11,15H,2-7,9,14H2,1H3. The molecule has 3 N–H and O–H groups in total. The Hall–Kier alpha value is -0.850. The Morgan fingerprint density at radius 3 is 2.68 bits per heavy atom. The maximum absolute atomic E-state index is 12.1. The molecule has 0 radical (unpaired) electrons. The molecule has 0 amide bonds. The molecule has 0 bridgehead atoms. The normalized spacial score (nSPS) is 17.2. The molecule has 1 fully saturated rings. The van der Waals surface area contributed by atoms with Crippen LogP contribution < -0.4 is 10.5 Å². The Morgan fingerprint density at radius 1 is 1.42 bits per heavy atom. The Morgan fingerprint density at radius 2 is 2.11 bits per heavy atom. The predicted octanol–water partition coefficient (Wildman–Crippen LogP) is 1.91. The lowest BCUT2D eigenvalue weighted by molar-refractivity contribution is 0.477. The van der Waals surface area contributed by atoms with E-state index in [2.05, 4.69) is 4.72 Å². The third kappa shape index (κ3) is 3.58. The van der Waals surface area contributed by atoms with Gasteiger partial charge in [0.15, 0.2) is 0 Å². The topological polar surface area (TPSA) is 85.3 Å². The highest BCUT2D eigenvalue weighted by atomic mass is 32.2. The molecule has 108 valence electrons. The summed E-state index contributed by atoms with van der Waals surface area (Å²) in [5.74, 6) is 1.57. The van der Waals surface area contributed by atoms with Crippen LogP contribution in [0.1, 0.15) is 43.6 Å². The van der Waals surface area contributed by atoms with E-state index in [-0.39, 0.29) is 11.4 Å². The number of rotatable bonds is 6. The van der Waals surface area contributed by atoms with Crippen LogP contribution in [0, 0.1) is 12.8 Å². The second-order valence-corrected chi connectivity index (χ2v) is 6.91. The highest BCUT2D eigenvalue weighted by molar-refractivity contribution is 7.89. The number of furan rings is 1. The van der Waals surface area contributed by atoms with Crippen LogP contribution in [0.15, 0.2) is 15.4 Å². The zero-order valence-corrected chi connectivity index (χ0v) is 12.1. The number of nitrogens with two attached hydrogens (primary N) is 1. The fourth-order valence-corrected chi connectivity index (χ4v) is 3.91. The van der Waals surface area contributed by atoms with Crippen LogP contribution in [0.4, 0.5) is 0 Å². The van der Waals surface area contributed by atoms with E-state index < -0.39 is 10.0 Å². The molecular weight excluding hydrogens is 264 g/mol. The molecule has 1 aromatic rings. The highest BCUT2D eigenvalue weighted by Crippen LogP contribution is 2.27. The molecule has 0 saturated heterocycles. The molecule has 0 spiro atoms. The maximum atomic E-state index is 12.1. The van der Waals surface area contributed by atoms with Crippen molar-refractivity contribution in [2.24, 2.45) is 11.7 Å². The zero-order valence-electron chi connectivity index (χ0n) is 11.3. The molecule has 0 unspecified atom stereocenters. The first-order valence-electron chi connectivity index (χ1n) is 6.82. The minimum Gasteiger partial charge on any atom is -0.464 e. The van der Waals surface area contributed by atoms with Crippen molar-refractivity contribution < 1.29 is 12.8 Å². The largest absolute Gasteiger partial charge is 0.464 e. The lowest BCUT2D eigenvalue weighted by atomic mass is 10.1. The van der Waals surface area contributed by atoms with Crippen molar-refractivity contribution in [1.29, 1.82) is 0 Å². The molecule has 5 nitrogen and oxygen atoms in total. The Bertz CT molecular complexity index is 516. The van der Waals surface area contributed by atoms with Gasteiger partial charge in [-0.05, 0) is 19.3 Å². The van der Waals surface area contributed by atoms with Gasteiger partial charge in [-0.3, -0.25) is 0 Å². The molecule has 6 heteroatoms. The molecule has 1 saturated carbocycles. The summed E-state index contributed by atoms with van der Waals surface area (Å²) in [7, 11) is -3.47. The van der Waals surface area contributed by atoms with E-state index in [0.717, 1.165) is 6.42 Å². The van der Waals surface area contributed by atoms with Crippen molar-refractivity contribution in [3.63, 3.8) is 0 Å². The van der Waals surface area contributed by atoms with Crippen molar-refractivity contribution >= 4 is 10.0 Å². The van der Waals surface area contributed by atoms with E-state index in [4.69, 9.17) is 10.2 Å². The molecule has 0 aromatic carbocycles. The Labute approximate surface area is 114 Å². The average Bonchev–Trinajstić information content (AvgIpc) is 2.98. The summed E-state index contributed by atoms with van der Waals surface area (Å²) in [6.45, 7) is 2.35. The third-order valence-corrected chi connectivity index (χ3v) is 5.30. The first kappa shape index (κ1) is 14.6. The van der Waals surface area contributed by atoms with Gasteiger partial charge in [0.2, 0.25) is 10.0 Å². The summed E-state index contributed by atoms with van der Waals surface area (Å²) in [5.41, 5.74) is 5.45. The summed E-state index contributed by atoms with van der Waals surface area (Å²) in [6.07, 6.45) is 5.92. The smallest absolute Gasteiger partial charge is 0.244 e. The van der Waals surface area contributed by atoms with Crippen LogP contribution in [0.5, 0.6) is 0 Å². The summed E-state index contributed by atoms with van der Waals surface area (Å²) in [5, 5.41) is 0. The van der Waals surface area contributed by atoms with E-state index >= 15 is 0 Å². The van der Waals surface area contributed by atoms with E-state index in [9.17, 15) is 8.42 Å². The highest BCUT2D eigenvalue weighted by Gasteiger charge is 2.22. The Kier molecular flexibility index (Phi) is 4.65. The van der Waals surface area contributed by atoms with Crippen LogP contribution >= 0.6 is 0 Å². The minimum atomic E-state index is -3.47. The molecule has 1 heterocycles. The van der Waals surface area contributed by atoms with Crippen molar-refractivity contribution in [3.8, 4) is 0 Å². The first-order chi connectivity index (χ1) is 9.03. The molecule has 0 atom stereocenters. The monoisotopic (exact) mass is 286 g/mol. The molecular formula is C13H22N2O3S.